The van der Waals surface area contributed by atoms with E-state index in [2.05, 4.69) is 0 Å². The van der Waals surface area contributed by atoms with E-state index >= 15 is 0 Å². The monoisotopic (exact) mass is 247 g/mol. The van der Waals surface area contributed by atoms with Gasteiger partial charge in [-0.25, -0.2) is 0 Å². The van der Waals surface area contributed by atoms with Crippen LogP contribution in [0.4, 0.5) is 0 Å². The van der Waals surface area contributed by atoms with Crippen molar-refractivity contribution in [1.29, 1.82) is 0 Å². The van der Waals surface area contributed by atoms with Crippen molar-refractivity contribution in [3.63, 3.8) is 0 Å². The molecule has 0 radical (unpaired) electrons. The maximum absolute atomic E-state index is 11.5. The molecule has 17 heavy (non-hydrogen) atoms. The second-order valence-corrected chi connectivity index (χ2v) is 3.85. The third kappa shape index (κ3) is 9.09. The Balaban J connectivity index is 3.43. The lowest BCUT2D eigenvalue weighted by Gasteiger charge is -2.13. The maximum Gasteiger partial charge on any atom is 0.310 e. The van der Waals surface area contributed by atoms with Crippen LogP contribution in [0.5, 0.6) is 0 Å². The van der Waals surface area contributed by atoms with E-state index in [1.54, 1.807) is 7.11 Å². The smallest absolute Gasteiger partial charge is 0.310 e. The van der Waals surface area contributed by atoms with Gasteiger partial charge in [-0.1, -0.05) is 13.3 Å². The van der Waals surface area contributed by atoms with Gasteiger partial charge in [0.1, 0.15) is 6.61 Å². The lowest BCUT2D eigenvalue weighted by atomic mass is 10.0. The van der Waals surface area contributed by atoms with Crippen LogP contribution in [0.25, 0.3) is 0 Å². The number of carbonyl (C=O) groups excluding carboxylic acids is 1. The fourth-order valence-electron chi connectivity index (χ4n) is 1.41. The molecule has 5 nitrogen and oxygen atoms in total. The minimum Gasteiger partial charge on any atom is -0.463 e. The summed E-state index contributed by atoms with van der Waals surface area (Å²) in [7, 11) is 1.66. The van der Waals surface area contributed by atoms with Crippen LogP contribution in [0, 0.1) is 5.92 Å². The van der Waals surface area contributed by atoms with Gasteiger partial charge < -0.3 is 19.9 Å². The van der Waals surface area contributed by atoms with Gasteiger partial charge >= 0.3 is 5.97 Å². The largest absolute Gasteiger partial charge is 0.463 e. The molecule has 102 valence electrons. The molecular weight excluding hydrogens is 222 g/mol. The quantitative estimate of drug-likeness (QED) is 0.435. The predicted octanol–water partition coefficient (Wildman–Crippen LogP) is 0.958. The van der Waals surface area contributed by atoms with Crippen molar-refractivity contribution in [3.8, 4) is 0 Å². The Kier molecular flexibility index (Phi) is 11.4. The van der Waals surface area contributed by atoms with Crippen LogP contribution in [0.15, 0.2) is 0 Å². The molecular formula is C12H25NO4. The summed E-state index contributed by atoms with van der Waals surface area (Å²) in [5.41, 5.74) is 5.50. The van der Waals surface area contributed by atoms with E-state index in [0.717, 1.165) is 19.3 Å². The second kappa shape index (κ2) is 11.8. The number of rotatable bonds is 11. The Bertz CT molecular complexity index is 187. The third-order valence-electron chi connectivity index (χ3n) is 2.36. The van der Waals surface area contributed by atoms with E-state index in [1.807, 2.05) is 6.92 Å². The van der Waals surface area contributed by atoms with Crippen LogP contribution in [-0.2, 0) is 19.0 Å². The Labute approximate surface area is 104 Å². The second-order valence-electron chi connectivity index (χ2n) is 3.85. The van der Waals surface area contributed by atoms with Gasteiger partial charge in [-0.2, -0.15) is 0 Å². The van der Waals surface area contributed by atoms with Crippen molar-refractivity contribution >= 4 is 5.97 Å². The zero-order valence-corrected chi connectivity index (χ0v) is 10.9. The van der Waals surface area contributed by atoms with Gasteiger partial charge in [0.05, 0.1) is 12.5 Å². The molecule has 0 saturated heterocycles. The van der Waals surface area contributed by atoms with Crippen LogP contribution < -0.4 is 5.73 Å². The Morgan fingerprint density at radius 2 is 2.00 bits per heavy atom. The highest BCUT2D eigenvalue weighted by molar-refractivity contribution is 5.72. The predicted molar refractivity (Wildman–Crippen MR) is 65.7 cm³/mol. The van der Waals surface area contributed by atoms with Gasteiger partial charge in [-0.15, -0.1) is 0 Å². The third-order valence-corrected chi connectivity index (χ3v) is 2.36. The first-order valence-corrected chi connectivity index (χ1v) is 6.19. The number of ether oxygens (including phenoxy) is 3. The van der Waals surface area contributed by atoms with Crippen molar-refractivity contribution in [2.75, 3.05) is 40.1 Å². The fourth-order valence-corrected chi connectivity index (χ4v) is 1.41. The van der Waals surface area contributed by atoms with Crippen LogP contribution in [-0.4, -0.2) is 46.1 Å². The molecule has 0 fully saturated rings. The molecule has 0 aromatic heterocycles. The van der Waals surface area contributed by atoms with Crippen LogP contribution in [0.3, 0.4) is 0 Å². The van der Waals surface area contributed by atoms with E-state index in [-0.39, 0.29) is 11.9 Å². The molecule has 0 rings (SSSR count). The zero-order valence-electron chi connectivity index (χ0n) is 10.9. The summed E-state index contributed by atoms with van der Waals surface area (Å²) >= 11 is 0. The molecule has 0 aliphatic rings. The van der Waals surface area contributed by atoms with E-state index in [4.69, 9.17) is 19.9 Å². The van der Waals surface area contributed by atoms with Crippen LogP contribution >= 0.6 is 0 Å². The number of methoxy groups -OCH3 is 1. The molecule has 0 aromatic carbocycles. The Morgan fingerprint density at radius 3 is 2.59 bits per heavy atom. The number of carbonyl (C=O) groups is 1. The summed E-state index contributed by atoms with van der Waals surface area (Å²) in [4.78, 5) is 11.5. The van der Waals surface area contributed by atoms with Crippen molar-refractivity contribution in [2.24, 2.45) is 11.7 Å². The molecule has 5 heteroatoms. The standard InChI is InChI=1S/C12H25NO4/c1-3-5-11(10-13)12(14)17-9-8-16-7-4-6-15-2/h11H,3-10,13H2,1-2H3. The first-order valence-electron chi connectivity index (χ1n) is 6.19. The fraction of sp³-hybridized carbons (Fsp3) is 0.917. The van der Waals surface area contributed by atoms with Crippen molar-refractivity contribution in [3.05, 3.63) is 0 Å². The maximum atomic E-state index is 11.5. The molecule has 0 aliphatic carbocycles. The molecule has 0 aromatic rings. The topological polar surface area (TPSA) is 70.8 Å². The summed E-state index contributed by atoms with van der Waals surface area (Å²) < 4.78 is 15.2. The minimum atomic E-state index is -0.213. The molecule has 2 N–H and O–H groups in total. The first-order chi connectivity index (χ1) is 8.26. The van der Waals surface area contributed by atoms with Crippen molar-refractivity contribution in [2.45, 2.75) is 26.2 Å². The lowest BCUT2D eigenvalue weighted by Crippen LogP contribution is -2.26. The highest BCUT2D eigenvalue weighted by atomic mass is 16.6. The van der Waals surface area contributed by atoms with Gasteiger partial charge in [-0.3, -0.25) is 4.79 Å². The lowest BCUT2D eigenvalue weighted by molar-refractivity contribution is -0.150. The summed E-state index contributed by atoms with van der Waals surface area (Å²) in [6.45, 7) is 4.41. The van der Waals surface area contributed by atoms with Gasteiger partial charge in [0.25, 0.3) is 0 Å². The summed E-state index contributed by atoms with van der Waals surface area (Å²) in [6, 6.07) is 0. The molecule has 0 heterocycles. The van der Waals surface area contributed by atoms with Gasteiger partial charge in [-0.05, 0) is 12.8 Å². The van der Waals surface area contributed by atoms with Crippen molar-refractivity contribution < 1.29 is 19.0 Å². The normalized spacial score (nSPS) is 12.4. The summed E-state index contributed by atoms with van der Waals surface area (Å²) in [6.07, 6.45) is 2.57. The molecule has 0 saturated carbocycles. The minimum absolute atomic E-state index is 0.173. The highest BCUT2D eigenvalue weighted by Crippen LogP contribution is 2.06. The van der Waals surface area contributed by atoms with Gasteiger partial charge in [0.2, 0.25) is 0 Å². The zero-order chi connectivity index (χ0) is 12.9. The summed E-state index contributed by atoms with van der Waals surface area (Å²) in [5.74, 6) is -0.386. The van der Waals surface area contributed by atoms with Crippen LogP contribution in [0.2, 0.25) is 0 Å². The highest BCUT2D eigenvalue weighted by Gasteiger charge is 2.16. The molecule has 0 aliphatic heterocycles. The number of hydrogen-bond acceptors (Lipinski definition) is 5. The summed E-state index contributed by atoms with van der Waals surface area (Å²) in [5, 5.41) is 0. The van der Waals surface area contributed by atoms with E-state index in [9.17, 15) is 4.79 Å². The van der Waals surface area contributed by atoms with E-state index in [0.29, 0.717) is 33.0 Å². The van der Waals surface area contributed by atoms with Crippen molar-refractivity contribution in [1.82, 2.24) is 0 Å². The van der Waals surface area contributed by atoms with E-state index in [1.165, 1.54) is 0 Å². The van der Waals surface area contributed by atoms with Gasteiger partial charge in [0, 0.05) is 26.9 Å². The number of esters is 1. The first kappa shape index (κ1) is 16.4. The molecule has 0 bridgehead atoms. The molecule has 0 spiro atoms. The number of hydrogen-bond donors (Lipinski definition) is 1. The average molecular weight is 247 g/mol. The Hall–Kier alpha value is -0.650. The molecule has 1 atom stereocenters. The number of nitrogens with two attached hydrogens (primary N) is 1. The molecule has 0 amide bonds. The average Bonchev–Trinajstić information content (AvgIpc) is 2.34. The van der Waals surface area contributed by atoms with E-state index < -0.39 is 0 Å². The SMILES string of the molecule is CCCC(CN)C(=O)OCCOCCCOC. The molecule has 1 unspecified atom stereocenters. The Morgan fingerprint density at radius 1 is 1.24 bits per heavy atom. The van der Waals surface area contributed by atoms with Gasteiger partial charge in [0.15, 0.2) is 0 Å². The van der Waals surface area contributed by atoms with Crippen LogP contribution in [0.1, 0.15) is 26.2 Å².